The second-order valence-corrected chi connectivity index (χ2v) is 9.82. The molecule has 3 nitrogen and oxygen atoms in total. The van der Waals surface area contributed by atoms with E-state index in [2.05, 4.69) is 84.6 Å². The number of fused-ring (bicyclic) bond motifs is 1. The summed E-state index contributed by atoms with van der Waals surface area (Å²) in [5.74, 6) is 0.0927. The Morgan fingerprint density at radius 3 is 2.26 bits per heavy atom. The van der Waals surface area contributed by atoms with E-state index in [0.717, 1.165) is 36.2 Å². The predicted octanol–water partition coefficient (Wildman–Crippen LogP) is 7.26. The molecule has 1 amide bonds. The highest BCUT2D eigenvalue weighted by Crippen LogP contribution is 2.30. The van der Waals surface area contributed by atoms with Crippen LogP contribution in [0.3, 0.4) is 0 Å². The van der Waals surface area contributed by atoms with Crippen LogP contribution >= 0.6 is 24.0 Å². The van der Waals surface area contributed by atoms with Gasteiger partial charge in [-0.25, -0.2) is 0 Å². The molecule has 2 aliphatic rings. The molecular formula is C31H35IN2O. The van der Waals surface area contributed by atoms with Crippen molar-refractivity contribution in [1.82, 2.24) is 4.90 Å². The fraction of sp³-hybridized carbons (Fsp3) is 0.323. The molecule has 0 atom stereocenters. The van der Waals surface area contributed by atoms with Crippen LogP contribution in [-0.4, -0.2) is 30.9 Å². The number of carbonyl (C=O) groups is 1. The Kier molecular flexibility index (Phi) is 8.45. The number of likely N-dealkylation sites (N-methyl/N-ethyl adjacent to an activating group) is 1. The van der Waals surface area contributed by atoms with E-state index in [0.29, 0.717) is 0 Å². The summed E-state index contributed by atoms with van der Waals surface area (Å²) >= 11 is 0. The Hall–Kier alpha value is -2.44. The lowest BCUT2D eigenvalue weighted by molar-refractivity contribution is -0.114. The van der Waals surface area contributed by atoms with Crippen molar-refractivity contribution in [2.75, 3.05) is 25.0 Å². The zero-order chi connectivity index (χ0) is 23.5. The highest BCUT2D eigenvalue weighted by Gasteiger charge is 2.21. The quantitative estimate of drug-likeness (QED) is 0.298. The number of benzene rings is 3. The molecule has 0 aromatic heterocycles. The Morgan fingerprint density at radius 2 is 1.54 bits per heavy atom. The maximum Gasteiger partial charge on any atom is 0.253 e. The summed E-state index contributed by atoms with van der Waals surface area (Å²) < 4.78 is 0. The van der Waals surface area contributed by atoms with Crippen LogP contribution in [0.25, 0.3) is 17.2 Å². The minimum Gasteiger partial charge on any atom is -0.312 e. The number of hydrogen-bond donors (Lipinski definition) is 0. The van der Waals surface area contributed by atoms with Gasteiger partial charge in [-0.05, 0) is 97.8 Å². The molecule has 4 heteroatoms. The number of anilines is 1. The first kappa shape index (κ1) is 25.6. The van der Waals surface area contributed by atoms with E-state index in [9.17, 15) is 4.79 Å². The summed E-state index contributed by atoms with van der Waals surface area (Å²) in [5, 5.41) is 0. The number of nitrogens with zero attached hydrogens (tertiary/aromatic N) is 2. The Balaban J connectivity index is 0.00000289. The largest absolute Gasteiger partial charge is 0.312 e. The van der Waals surface area contributed by atoms with Crippen LogP contribution in [0.1, 0.15) is 47.9 Å². The summed E-state index contributed by atoms with van der Waals surface area (Å²) in [7, 11) is 1.89. The van der Waals surface area contributed by atoms with Crippen molar-refractivity contribution in [3.8, 4) is 11.1 Å². The van der Waals surface area contributed by atoms with E-state index >= 15 is 0 Å². The molecule has 0 N–H and O–H groups in total. The number of hydrogen-bond acceptors (Lipinski definition) is 2. The van der Waals surface area contributed by atoms with Crippen LogP contribution < -0.4 is 4.90 Å². The predicted molar refractivity (Wildman–Crippen MR) is 157 cm³/mol. The summed E-state index contributed by atoms with van der Waals surface area (Å²) in [6, 6.07) is 23.8. The highest BCUT2D eigenvalue weighted by atomic mass is 127. The monoisotopic (exact) mass is 578 g/mol. The summed E-state index contributed by atoms with van der Waals surface area (Å²) in [4.78, 5) is 17.7. The van der Waals surface area contributed by atoms with Gasteiger partial charge in [0.15, 0.2) is 0 Å². The van der Waals surface area contributed by atoms with Crippen molar-refractivity contribution in [1.29, 1.82) is 0 Å². The van der Waals surface area contributed by atoms with Crippen molar-refractivity contribution in [2.24, 2.45) is 0 Å². The van der Waals surface area contributed by atoms with Gasteiger partial charge >= 0.3 is 0 Å². The Bertz CT molecular complexity index is 1190. The van der Waals surface area contributed by atoms with Crippen molar-refractivity contribution in [3.63, 3.8) is 0 Å². The lowest BCUT2D eigenvalue weighted by Gasteiger charge is -2.27. The molecule has 1 heterocycles. The Labute approximate surface area is 226 Å². The van der Waals surface area contributed by atoms with E-state index in [4.69, 9.17) is 0 Å². The number of carbonyl (C=O) groups excluding carboxylic acids is 1. The van der Waals surface area contributed by atoms with Gasteiger partial charge in [0, 0.05) is 24.9 Å². The summed E-state index contributed by atoms with van der Waals surface area (Å²) in [6.45, 7) is 5.50. The van der Waals surface area contributed by atoms with Gasteiger partial charge in [-0.1, -0.05) is 60.5 Å². The SMILES string of the molecule is Cc1ccc(-c2ccc3c(c2)C=C(C(=O)N(C)c2ccc(CN4CCCCC4)cc2)CC3)cc1.I. The number of amides is 1. The molecule has 1 aliphatic heterocycles. The first-order chi connectivity index (χ1) is 16.6. The summed E-state index contributed by atoms with van der Waals surface area (Å²) in [6.07, 6.45) is 7.76. The molecule has 0 bridgehead atoms. The number of piperidine rings is 1. The topological polar surface area (TPSA) is 23.6 Å². The second kappa shape index (κ2) is 11.5. The van der Waals surface area contributed by atoms with Crippen molar-refractivity contribution in [3.05, 3.63) is 94.6 Å². The standard InChI is InChI=1S/C31H34N2O.HI/c1-23-6-10-25(11-7-23)27-14-12-26-13-15-28(21-29(26)20-27)31(34)32(2)30-16-8-24(9-17-30)22-33-18-4-3-5-19-33;/h6-12,14,16-17,20-21H,3-5,13,15,18-19,22H2,1-2H3;1H. The third-order valence-electron chi connectivity index (χ3n) is 7.28. The van der Waals surface area contributed by atoms with Gasteiger partial charge in [0.05, 0.1) is 0 Å². The van der Waals surface area contributed by atoms with Crippen molar-refractivity contribution >= 4 is 41.6 Å². The van der Waals surface area contributed by atoms with E-state index in [1.165, 1.54) is 60.2 Å². The van der Waals surface area contributed by atoms with Gasteiger partial charge in [-0.2, -0.15) is 0 Å². The minimum absolute atomic E-state index is 0. The van der Waals surface area contributed by atoms with Crippen LogP contribution in [0, 0.1) is 6.92 Å². The molecule has 3 aromatic rings. The Morgan fingerprint density at radius 1 is 0.857 bits per heavy atom. The van der Waals surface area contributed by atoms with Gasteiger partial charge < -0.3 is 4.90 Å². The third-order valence-corrected chi connectivity index (χ3v) is 7.28. The second-order valence-electron chi connectivity index (χ2n) is 9.82. The van der Waals surface area contributed by atoms with Gasteiger partial charge in [0.25, 0.3) is 5.91 Å². The average Bonchev–Trinajstić information content (AvgIpc) is 2.89. The van der Waals surface area contributed by atoms with Gasteiger partial charge in [0.2, 0.25) is 0 Å². The smallest absolute Gasteiger partial charge is 0.253 e. The van der Waals surface area contributed by atoms with E-state index < -0.39 is 0 Å². The molecule has 182 valence electrons. The first-order valence-electron chi connectivity index (χ1n) is 12.6. The fourth-order valence-corrected chi connectivity index (χ4v) is 5.11. The van der Waals surface area contributed by atoms with Gasteiger partial charge in [-0.15, -0.1) is 24.0 Å². The zero-order valence-corrected chi connectivity index (χ0v) is 23.1. The van der Waals surface area contributed by atoms with Crippen LogP contribution in [-0.2, 0) is 17.8 Å². The number of rotatable bonds is 5. The van der Waals surface area contributed by atoms with Crippen molar-refractivity contribution < 1.29 is 4.79 Å². The molecular weight excluding hydrogens is 543 g/mol. The lowest BCUT2D eigenvalue weighted by atomic mass is 9.89. The molecule has 1 saturated heterocycles. The molecule has 0 spiro atoms. The molecule has 0 saturated carbocycles. The highest BCUT2D eigenvalue weighted by molar-refractivity contribution is 14.0. The maximum absolute atomic E-state index is 13.4. The van der Waals surface area contributed by atoms with Crippen molar-refractivity contribution in [2.45, 2.75) is 45.6 Å². The average molecular weight is 579 g/mol. The molecule has 0 unspecified atom stereocenters. The van der Waals surface area contributed by atoms with Crippen LogP contribution in [0.15, 0.2) is 72.3 Å². The molecule has 5 rings (SSSR count). The normalized spacial score (nSPS) is 15.5. The van der Waals surface area contributed by atoms with Gasteiger partial charge in [0.1, 0.15) is 0 Å². The first-order valence-corrected chi connectivity index (χ1v) is 12.6. The number of aryl methyl sites for hydroxylation is 2. The van der Waals surface area contributed by atoms with Crippen LogP contribution in [0.2, 0.25) is 0 Å². The van der Waals surface area contributed by atoms with E-state index in [1.807, 2.05) is 7.05 Å². The van der Waals surface area contributed by atoms with Crippen LogP contribution in [0.5, 0.6) is 0 Å². The molecule has 1 aliphatic carbocycles. The minimum atomic E-state index is 0. The van der Waals surface area contributed by atoms with Gasteiger partial charge in [-0.3, -0.25) is 9.69 Å². The zero-order valence-electron chi connectivity index (χ0n) is 20.8. The maximum atomic E-state index is 13.4. The van der Waals surface area contributed by atoms with E-state index in [1.54, 1.807) is 4.90 Å². The third kappa shape index (κ3) is 6.04. The van der Waals surface area contributed by atoms with Crippen LogP contribution in [0.4, 0.5) is 5.69 Å². The molecule has 35 heavy (non-hydrogen) atoms. The summed E-state index contributed by atoms with van der Waals surface area (Å²) in [5.41, 5.74) is 9.30. The lowest BCUT2D eigenvalue weighted by Crippen LogP contribution is -2.29. The fourth-order valence-electron chi connectivity index (χ4n) is 5.11. The molecule has 1 fully saturated rings. The molecule has 3 aromatic carbocycles. The molecule has 0 radical (unpaired) electrons. The van der Waals surface area contributed by atoms with E-state index in [-0.39, 0.29) is 29.9 Å². The number of halogens is 1. The number of likely N-dealkylation sites (tertiary alicyclic amines) is 1.